The van der Waals surface area contributed by atoms with Crippen LogP contribution in [0.2, 0.25) is 0 Å². The van der Waals surface area contributed by atoms with Crippen LogP contribution in [0.5, 0.6) is 5.75 Å². The van der Waals surface area contributed by atoms with E-state index in [4.69, 9.17) is 4.74 Å². The Balaban J connectivity index is 0.000000173. The lowest BCUT2D eigenvalue weighted by Gasteiger charge is -2.22. The van der Waals surface area contributed by atoms with E-state index in [0.717, 1.165) is 102 Å². The Kier molecular flexibility index (Phi) is 12.4. The van der Waals surface area contributed by atoms with Crippen LogP contribution in [0.25, 0.3) is 60.6 Å². The van der Waals surface area contributed by atoms with Gasteiger partial charge < -0.3 is 19.8 Å². The van der Waals surface area contributed by atoms with Gasteiger partial charge in [-0.1, -0.05) is 12.1 Å². The van der Waals surface area contributed by atoms with Crippen molar-refractivity contribution in [2.75, 3.05) is 33.3 Å². The zero-order chi connectivity index (χ0) is 39.2. The van der Waals surface area contributed by atoms with Crippen molar-refractivity contribution in [1.29, 1.82) is 0 Å². The fourth-order valence-corrected chi connectivity index (χ4v) is 8.32. The first-order valence-electron chi connectivity index (χ1n) is 19.5. The number of aromatic nitrogens is 6. The molecule has 9 nitrogen and oxygen atoms in total. The van der Waals surface area contributed by atoms with Crippen LogP contribution in [0.4, 0.5) is 13.2 Å². The smallest absolute Gasteiger partial charge is 0.173 e. The maximum atomic E-state index is 15.1. The van der Waals surface area contributed by atoms with Gasteiger partial charge in [0, 0.05) is 70.6 Å². The second-order valence-corrected chi connectivity index (χ2v) is 15.2. The maximum absolute atomic E-state index is 15.1. The zero-order valence-electron chi connectivity index (χ0n) is 32.9. The Morgan fingerprint density at radius 2 is 1.10 bits per heavy atom. The summed E-state index contributed by atoms with van der Waals surface area (Å²) < 4.78 is 53.3. The van der Waals surface area contributed by atoms with Crippen LogP contribution in [0.3, 0.4) is 0 Å². The van der Waals surface area contributed by atoms with Gasteiger partial charge in [0.2, 0.25) is 0 Å². The van der Waals surface area contributed by atoms with Gasteiger partial charge in [-0.15, -0.1) is 24.8 Å². The quantitative estimate of drug-likeness (QED) is 0.178. The number of fused-ring (bicyclic) bond motifs is 4. The molecule has 2 saturated heterocycles. The van der Waals surface area contributed by atoms with Crippen molar-refractivity contribution in [2.45, 2.75) is 44.4 Å². The molecule has 0 radical (unpaired) electrons. The van der Waals surface area contributed by atoms with Crippen molar-refractivity contribution in [3.05, 3.63) is 120 Å². The Morgan fingerprint density at radius 3 is 1.66 bits per heavy atom. The highest BCUT2D eigenvalue weighted by Gasteiger charge is 2.20. The molecule has 5 aromatic heterocycles. The van der Waals surface area contributed by atoms with Gasteiger partial charge >= 0.3 is 0 Å². The molecular weight excluding hydrogens is 796 g/mol. The Hall–Kier alpha value is -5.27. The van der Waals surface area contributed by atoms with E-state index in [1.165, 1.54) is 12.1 Å². The predicted molar refractivity (Wildman–Crippen MR) is 233 cm³/mol. The van der Waals surface area contributed by atoms with Crippen LogP contribution >= 0.6 is 24.8 Å². The molecule has 0 saturated carbocycles. The number of methoxy groups -OCH3 is 1. The van der Waals surface area contributed by atoms with Crippen LogP contribution < -0.4 is 15.4 Å². The van der Waals surface area contributed by atoms with Crippen LogP contribution in [0.1, 0.15) is 54.6 Å². The fraction of sp³-hybridized carbons (Fsp3) is 0.289. The standard InChI is InChI=1S/C23H23FN4O.C22H20F2N4.2ClH/c1-28-13-18-10-17(12-21(29-2)23(18)27-28)16-9-15-3-4-20(14-5-7-25-8-6-14)26-22(15)19(24)11-16;1-13-11-28-12-17(10-19(24)22(28)26-13)16-8-15-2-3-20(14-4-6-25-7-5-14)27-21(15)18(23)9-16;;/h3-4,9-14,25H,5-8H2,1-2H3;2-3,8-12,14,25H,4-7H2,1H3;2*1H. The molecule has 8 aromatic rings. The number of pyridine rings is 3. The van der Waals surface area contributed by atoms with Crippen molar-refractivity contribution in [3.63, 3.8) is 0 Å². The highest BCUT2D eigenvalue weighted by atomic mass is 35.5. The van der Waals surface area contributed by atoms with E-state index in [9.17, 15) is 8.78 Å². The number of piperidine rings is 2. The minimum atomic E-state index is -0.425. The minimum absolute atomic E-state index is 0. The van der Waals surface area contributed by atoms with Crippen LogP contribution in [0.15, 0.2) is 85.3 Å². The Morgan fingerprint density at radius 1 is 0.593 bits per heavy atom. The zero-order valence-corrected chi connectivity index (χ0v) is 34.6. The van der Waals surface area contributed by atoms with Gasteiger partial charge in [-0.25, -0.2) is 28.1 Å². The van der Waals surface area contributed by atoms with E-state index in [1.54, 1.807) is 34.7 Å². The molecule has 2 fully saturated rings. The number of imidazole rings is 1. The van der Waals surface area contributed by atoms with Gasteiger partial charge in [0.25, 0.3) is 0 Å². The summed E-state index contributed by atoms with van der Waals surface area (Å²) in [5, 5.41) is 13.6. The molecule has 59 heavy (non-hydrogen) atoms. The second kappa shape index (κ2) is 17.5. The molecule has 10 rings (SSSR count). The summed E-state index contributed by atoms with van der Waals surface area (Å²) >= 11 is 0. The van der Waals surface area contributed by atoms with Gasteiger partial charge in [0.1, 0.15) is 33.9 Å². The number of nitrogens with zero attached hydrogens (tertiary/aromatic N) is 6. The molecule has 0 spiro atoms. The molecule has 306 valence electrons. The summed E-state index contributed by atoms with van der Waals surface area (Å²) in [4.78, 5) is 13.5. The molecular formula is C45H45Cl2F3N8O. The van der Waals surface area contributed by atoms with Gasteiger partial charge in [-0.05, 0) is 130 Å². The van der Waals surface area contributed by atoms with E-state index in [1.807, 2.05) is 68.7 Å². The topological polar surface area (TPSA) is 94.2 Å². The van der Waals surface area contributed by atoms with Crippen molar-refractivity contribution < 1.29 is 17.9 Å². The molecule has 0 atom stereocenters. The van der Waals surface area contributed by atoms with Crippen LogP contribution in [-0.4, -0.2) is 62.4 Å². The number of nitrogens with one attached hydrogen (secondary N) is 2. The van der Waals surface area contributed by atoms with Gasteiger partial charge in [0.05, 0.1) is 12.8 Å². The number of ether oxygens (including phenoxy) is 1. The average molecular weight is 842 g/mol. The maximum Gasteiger partial charge on any atom is 0.173 e. The molecule has 2 aliphatic rings. The van der Waals surface area contributed by atoms with E-state index in [0.29, 0.717) is 39.7 Å². The molecule has 7 heterocycles. The Labute approximate surface area is 352 Å². The minimum Gasteiger partial charge on any atom is -0.494 e. The highest BCUT2D eigenvalue weighted by molar-refractivity contribution is 5.92. The number of rotatable bonds is 5. The molecule has 2 N–H and O–H groups in total. The van der Waals surface area contributed by atoms with E-state index < -0.39 is 5.82 Å². The summed E-state index contributed by atoms with van der Waals surface area (Å²) in [7, 11) is 3.50. The summed E-state index contributed by atoms with van der Waals surface area (Å²) in [5.74, 6) is 0.343. The van der Waals surface area contributed by atoms with Gasteiger partial charge in [-0.2, -0.15) is 5.10 Å². The summed E-state index contributed by atoms with van der Waals surface area (Å²) in [6.07, 6.45) is 9.59. The van der Waals surface area contributed by atoms with E-state index in [2.05, 4.69) is 30.7 Å². The molecule has 2 aliphatic heterocycles. The number of benzene rings is 3. The van der Waals surface area contributed by atoms with E-state index in [-0.39, 0.29) is 42.1 Å². The van der Waals surface area contributed by atoms with Gasteiger partial charge in [-0.3, -0.25) is 4.68 Å². The van der Waals surface area contributed by atoms with Crippen molar-refractivity contribution in [1.82, 2.24) is 39.8 Å². The molecule has 0 aliphatic carbocycles. The average Bonchev–Trinajstić information content (AvgIpc) is 3.82. The second-order valence-electron chi connectivity index (χ2n) is 15.2. The molecule has 3 aromatic carbocycles. The number of hydrogen-bond donors (Lipinski definition) is 2. The lowest BCUT2D eigenvalue weighted by molar-refractivity contribution is 0.418. The third-order valence-electron chi connectivity index (χ3n) is 11.3. The Bertz CT molecular complexity index is 2800. The third kappa shape index (κ3) is 8.45. The fourth-order valence-electron chi connectivity index (χ4n) is 8.32. The SMILES string of the molecule is COc1cc(-c2cc(F)c3nc(C4CCNCC4)ccc3c2)cc2cn(C)nc12.Cc1cn2cc(-c3cc(F)c4nc(C5CCNCC5)ccc4c3)cc(F)c2n1.Cl.Cl. The molecule has 0 unspecified atom stereocenters. The number of aryl methyl sites for hydroxylation is 2. The summed E-state index contributed by atoms with van der Waals surface area (Å²) in [5.41, 5.74) is 7.48. The van der Waals surface area contributed by atoms with Gasteiger partial charge in [0.15, 0.2) is 11.5 Å². The predicted octanol–water partition coefficient (Wildman–Crippen LogP) is 9.85. The molecule has 0 bridgehead atoms. The monoisotopic (exact) mass is 840 g/mol. The molecule has 14 heteroatoms. The first-order valence-corrected chi connectivity index (χ1v) is 19.5. The van der Waals surface area contributed by atoms with Crippen molar-refractivity contribution in [3.8, 4) is 28.0 Å². The first kappa shape index (κ1) is 41.9. The van der Waals surface area contributed by atoms with Crippen LogP contribution in [0, 0.1) is 24.4 Å². The van der Waals surface area contributed by atoms with Crippen molar-refractivity contribution >= 4 is 63.2 Å². The van der Waals surface area contributed by atoms with Crippen molar-refractivity contribution in [2.24, 2.45) is 7.05 Å². The first-order chi connectivity index (χ1) is 27.7. The summed E-state index contributed by atoms with van der Waals surface area (Å²) in [6.45, 7) is 5.73. The van der Waals surface area contributed by atoms with Crippen LogP contribution in [-0.2, 0) is 7.05 Å². The lowest BCUT2D eigenvalue weighted by atomic mass is 9.93. The number of halogens is 5. The highest BCUT2D eigenvalue weighted by Crippen LogP contribution is 2.35. The normalized spacial score (nSPS) is 14.9. The van der Waals surface area contributed by atoms with E-state index >= 15 is 4.39 Å². The third-order valence-corrected chi connectivity index (χ3v) is 11.3. The lowest BCUT2D eigenvalue weighted by Crippen LogP contribution is -2.27. The summed E-state index contributed by atoms with van der Waals surface area (Å²) in [6, 6.07) is 20.1. The molecule has 0 amide bonds. The largest absolute Gasteiger partial charge is 0.494 e. The number of hydrogen-bond acceptors (Lipinski definition) is 7.